The van der Waals surface area contributed by atoms with Crippen LogP contribution in [0.25, 0.3) is 21.3 Å². The number of pyridine rings is 1. The number of benzene rings is 1. The van der Waals surface area contributed by atoms with Crippen LogP contribution < -0.4 is 4.74 Å². The van der Waals surface area contributed by atoms with Crippen LogP contribution in [0.2, 0.25) is 0 Å². The van der Waals surface area contributed by atoms with Gasteiger partial charge in [-0.3, -0.25) is 4.99 Å². The number of rotatable bonds is 4. The number of thiophene rings is 1. The summed E-state index contributed by atoms with van der Waals surface area (Å²) in [6.07, 6.45) is 4.11. The zero-order valence-electron chi connectivity index (χ0n) is 16.2. The molecule has 6 heteroatoms. The predicted molar refractivity (Wildman–Crippen MR) is 114 cm³/mol. The second-order valence-electron chi connectivity index (χ2n) is 7.17. The summed E-state index contributed by atoms with van der Waals surface area (Å²) in [6.45, 7) is 3.77. The summed E-state index contributed by atoms with van der Waals surface area (Å²) in [5.74, 6) is -0.163. The van der Waals surface area contributed by atoms with Gasteiger partial charge in [0.2, 0.25) is 0 Å². The molecule has 4 rings (SSSR count). The number of aromatic carboxylic acids is 1. The Morgan fingerprint density at radius 2 is 1.89 bits per heavy atom. The second kappa shape index (κ2) is 7.36. The van der Waals surface area contributed by atoms with E-state index >= 15 is 0 Å². The van der Waals surface area contributed by atoms with Crippen molar-refractivity contribution in [1.82, 2.24) is 4.98 Å². The fourth-order valence-corrected chi connectivity index (χ4v) is 4.80. The van der Waals surface area contributed by atoms with Gasteiger partial charge in [-0.15, -0.1) is 11.3 Å². The van der Waals surface area contributed by atoms with Gasteiger partial charge in [0.1, 0.15) is 15.5 Å². The SMILES string of the molecule is COc1ccc(-c2c3c(nc4sc(C(=O)O)c(N=C(C)C)c24)CCCC3)cc1. The van der Waals surface area contributed by atoms with Crippen molar-refractivity contribution in [2.45, 2.75) is 39.5 Å². The van der Waals surface area contributed by atoms with E-state index in [0.717, 1.165) is 64.2 Å². The number of nitrogens with zero attached hydrogens (tertiary/aromatic N) is 2. The van der Waals surface area contributed by atoms with E-state index in [2.05, 4.69) is 4.99 Å². The first-order valence-electron chi connectivity index (χ1n) is 9.37. The predicted octanol–water partition coefficient (Wildman–Crippen LogP) is 5.66. The number of fused-ring (bicyclic) bond motifs is 2. The summed E-state index contributed by atoms with van der Waals surface area (Å²) in [4.78, 5) is 22.4. The molecular formula is C22H22N2O3S. The number of carboxylic acid groups (broad SMARTS) is 1. The molecule has 1 aromatic carbocycles. The van der Waals surface area contributed by atoms with Crippen LogP contribution in [0.5, 0.6) is 5.75 Å². The number of hydrogen-bond acceptors (Lipinski definition) is 5. The molecule has 1 N–H and O–H groups in total. The lowest BCUT2D eigenvalue weighted by Crippen LogP contribution is -2.07. The van der Waals surface area contributed by atoms with Crippen LogP contribution in [-0.2, 0) is 12.8 Å². The summed E-state index contributed by atoms with van der Waals surface area (Å²) in [5, 5.41) is 10.6. The molecule has 2 aromatic heterocycles. The van der Waals surface area contributed by atoms with Crippen LogP contribution in [0.1, 0.15) is 47.6 Å². The summed E-state index contributed by atoms with van der Waals surface area (Å²) in [5.41, 5.74) is 5.78. The number of aromatic nitrogens is 1. The van der Waals surface area contributed by atoms with Crippen molar-refractivity contribution in [3.8, 4) is 16.9 Å². The lowest BCUT2D eigenvalue weighted by atomic mass is 9.87. The molecular weight excluding hydrogens is 372 g/mol. The molecule has 0 radical (unpaired) electrons. The third kappa shape index (κ3) is 3.18. The molecule has 3 aromatic rings. The van der Waals surface area contributed by atoms with E-state index in [9.17, 15) is 9.90 Å². The summed E-state index contributed by atoms with van der Waals surface area (Å²) >= 11 is 1.22. The molecule has 1 aliphatic carbocycles. The maximum Gasteiger partial charge on any atom is 0.348 e. The average Bonchev–Trinajstić information content (AvgIpc) is 3.04. The van der Waals surface area contributed by atoms with Gasteiger partial charge in [-0.25, -0.2) is 9.78 Å². The van der Waals surface area contributed by atoms with Gasteiger partial charge in [0, 0.05) is 16.8 Å². The van der Waals surface area contributed by atoms with Crippen LogP contribution in [0.4, 0.5) is 5.69 Å². The molecule has 0 unspecified atom stereocenters. The van der Waals surface area contributed by atoms with Gasteiger partial charge in [0.25, 0.3) is 0 Å². The second-order valence-corrected chi connectivity index (χ2v) is 8.17. The zero-order chi connectivity index (χ0) is 19.8. The standard InChI is InChI=1S/C22H22N2O3S/c1-12(2)23-19-18-17(13-8-10-14(27-3)11-9-13)15-6-4-5-7-16(15)24-21(18)28-20(19)22(25)26/h8-11H,4-7H2,1-3H3,(H,25,26). The molecule has 28 heavy (non-hydrogen) atoms. The van der Waals surface area contributed by atoms with Crippen molar-refractivity contribution in [2.75, 3.05) is 7.11 Å². The third-order valence-corrected chi connectivity index (χ3v) is 6.06. The van der Waals surface area contributed by atoms with Crippen molar-refractivity contribution < 1.29 is 14.6 Å². The molecule has 0 saturated carbocycles. The Morgan fingerprint density at radius 1 is 1.18 bits per heavy atom. The lowest BCUT2D eigenvalue weighted by molar-refractivity contribution is 0.0703. The molecule has 0 amide bonds. The smallest absolute Gasteiger partial charge is 0.348 e. The Hall–Kier alpha value is -2.73. The molecule has 0 spiro atoms. The largest absolute Gasteiger partial charge is 0.497 e. The summed E-state index contributed by atoms with van der Waals surface area (Å²) in [6, 6.07) is 7.95. The molecule has 5 nitrogen and oxygen atoms in total. The Bertz CT molecular complexity index is 1090. The highest BCUT2D eigenvalue weighted by Gasteiger charge is 2.26. The Labute approximate surface area is 167 Å². The topological polar surface area (TPSA) is 71.8 Å². The maximum atomic E-state index is 11.9. The molecule has 0 bridgehead atoms. The van der Waals surface area contributed by atoms with Crippen LogP contribution in [0.3, 0.4) is 0 Å². The van der Waals surface area contributed by atoms with Gasteiger partial charge in [0.15, 0.2) is 0 Å². The number of carboxylic acids is 1. The van der Waals surface area contributed by atoms with E-state index in [1.807, 2.05) is 38.1 Å². The first-order valence-corrected chi connectivity index (χ1v) is 10.2. The van der Waals surface area contributed by atoms with Crippen LogP contribution in [0.15, 0.2) is 29.3 Å². The fraction of sp³-hybridized carbons (Fsp3) is 0.318. The average molecular weight is 394 g/mol. The lowest BCUT2D eigenvalue weighted by Gasteiger charge is -2.20. The number of hydrogen-bond donors (Lipinski definition) is 1. The van der Waals surface area contributed by atoms with E-state index in [1.54, 1.807) is 7.11 Å². The van der Waals surface area contributed by atoms with Gasteiger partial charge in [-0.1, -0.05) is 12.1 Å². The number of carbonyl (C=O) groups is 1. The highest BCUT2D eigenvalue weighted by Crippen LogP contribution is 2.46. The highest BCUT2D eigenvalue weighted by molar-refractivity contribution is 7.21. The Morgan fingerprint density at radius 3 is 2.54 bits per heavy atom. The molecule has 2 heterocycles. The summed E-state index contributed by atoms with van der Waals surface area (Å²) < 4.78 is 5.31. The quantitative estimate of drug-likeness (QED) is 0.580. The van der Waals surface area contributed by atoms with Crippen molar-refractivity contribution in [3.63, 3.8) is 0 Å². The van der Waals surface area contributed by atoms with Crippen LogP contribution >= 0.6 is 11.3 Å². The molecule has 0 atom stereocenters. The molecule has 0 fully saturated rings. The van der Waals surface area contributed by atoms with Crippen molar-refractivity contribution in [1.29, 1.82) is 0 Å². The number of aryl methyl sites for hydroxylation is 1. The normalized spacial score (nSPS) is 13.2. The number of ether oxygens (including phenoxy) is 1. The van der Waals surface area contributed by atoms with Crippen molar-refractivity contribution in [3.05, 3.63) is 40.4 Å². The van der Waals surface area contributed by atoms with Crippen LogP contribution in [0, 0.1) is 0 Å². The van der Waals surface area contributed by atoms with E-state index in [-0.39, 0.29) is 4.88 Å². The minimum Gasteiger partial charge on any atom is -0.497 e. The first-order chi connectivity index (χ1) is 13.5. The van der Waals surface area contributed by atoms with Crippen molar-refractivity contribution >= 4 is 38.9 Å². The first kappa shape index (κ1) is 18.6. The Balaban J connectivity index is 2.12. The minimum absolute atomic E-state index is 0.251. The molecule has 144 valence electrons. The van der Waals surface area contributed by atoms with Gasteiger partial charge in [-0.05, 0) is 68.4 Å². The van der Waals surface area contributed by atoms with Crippen molar-refractivity contribution in [2.24, 2.45) is 4.99 Å². The molecule has 0 aliphatic heterocycles. The highest BCUT2D eigenvalue weighted by atomic mass is 32.1. The molecule has 0 saturated heterocycles. The van der Waals surface area contributed by atoms with Gasteiger partial charge < -0.3 is 9.84 Å². The number of aliphatic imine (C=N–C) groups is 1. The maximum absolute atomic E-state index is 11.9. The fourth-order valence-electron chi connectivity index (χ4n) is 3.82. The van der Waals surface area contributed by atoms with Crippen LogP contribution in [-0.4, -0.2) is 28.9 Å². The van der Waals surface area contributed by atoms with E-state index in [4.69, 9.17) is 9.72 Å². The van der Waals surface area contributed by atoms with Gasteiger partial charge >= 0.3 is 5.97 Å². The minimum atomic E-state index is -0.957. The van der Waals surface area contributed by atoms with E-state index in [1.165, 1.54) is 16.9 Å². The summed E-state index contributed by atoms with van der Waals surface area (Å²) in [7, 11) is 1.65. The molecule has 1 aliphatic rings. The zero-order valence-corrected chi connectivity index (χ0v) is 17.0. The van der Waals surface area contributed by atoms with Gasteiger partial charge in [0.05, 0.1) is 12.8 Å². The monoisotopic (exact) mass is 394 g/mol. The van der Waals surface area contributed by atoms with E-state index in [0.29, 0.717) is 5.69 Å². The van der Waals surface area contributed by atoms with E-state index < -0.39 is 5.97 Å². The third-order valence-electron chi connectivity index (χ3n) is 5.00. The van der Waals surface area contributed by atoms with Gasteiger partial charge in [-0.2, -0.15) is 0 Å². The number of methoxy groups -OCH3 is 1. The Kier molecular flexibility index (Phi) is 4.89.